The van der Waals surface area contributed by atoms with Crippen LogP contribution in [0.5, 0.6) is 0 Å². The van der Waals surface area contributed by atoms with E-state index in [1.165, 1.54) is 18.2 Å². The Hall–Kier alpha value is -4.04. The summed E-state index contributed by atoms with van der Waals surface area (Å²) in [5.41, 5.74) is 0.377. The Morgan fingerprint density at radius 2 is 1.66 bits per heavy atom. The standard InChI is InChI=1S/C33H41F3N6O4S/c1-3-27(43)10-6-4-5-7-16-41-17-19-42(20-18-41)31(44)25-12-14-26(15-13-25)39-32-38-23-29(33(34,35)36)30(40-32)37-22-24-9-8-11-28(21-24)47(2,45)46/h8-9,11-15,21,23H,3-7,10,16-20,22H2,1-2H3,(H2,37,38,39,40). The number of ketones is 1. The number of aromatic nitrogens is 2. The summed E-state index contributed by atoms with van der Waals surface area (Å²) < 4.78 is 64.9. The molecule has 1 amide bonds. The smallest absolute Gasteiger partial charge is 0.365 e. The lowest BCUT2D eigenvalue weighted by atomic mass is 10.1. The number of carbonyl (C=O) groups is 2. The normalized spacial score (nSPS) is 14.2. The summed E-state index contributed by atoms with van der Waals surface area (Å²) in [5.74, 6) is -0.320. The van der Waals surface area contributed by atoms with Gasteiger partial charge in [-0.2, -0.15) is 18.2 Å². The van der Waals surface area contributed by atoms with Crippen LogP contribution in [0.4, 0.5) is 30.6 Å². The van der Waals surface area contributed by atoms with Gasteiger partial charge >= 0.3 is 6.18 Å². The summed E-state index contributed by atoms with van der Waals surface area (Å²) in [6.07, 6.45) is 2.46. The SMILES string of the molecule is CCC(=O)CCCCCCN1CCN(C(=O)c2ccc(Nc3ncc(C(F)(F)F)c(NCc4cccc(S(C)(=O)=O)c4)n3)cc2)CC1. The molecule has 0 spiro atoms. The van der Waals surface area contributed by atoms with Gasteiger partial charge in [0, 0.05) is 69.3 Å². The number of halogens is 3. The Kier molecular flexibility index (Phi) is 12.3. The van der Waals surface area contributed by atoms with E-state index in [1.54, 1.807) is 30.3 Å². The van der Waals surface area contributed by atoms with Crippen LogP contribution in [0.2, 0.25) is 0 Å². The molecular weight excluding hydrogens is 633 g/mol. The summed E-state index contributed by atoms with van der Waals surface area (Å²) in [6, 6.07) is 12.5. The van der Waals surface area contributed by atoms with Crippen molar-refractivity contribution in [3.05, 3.63) is 71.4 Å². The van der Waals surface area contributed by atoms with E-state index < -0.39 is 27.4 Å². The van der Waals surface area contributed by atoms with Gasteiger partial charge in [-0.1, -0.05) is 31.9 Å². The van der Waals surface area contributed by atoms with Crippen molar-refractivity contribution >= 4 is 39.0 Å². The number of amides is 1. The minimum Gasteiger partial charge on any atom is -0.365 e. The second-order valence-electron chi connectivity index (χ2n) is 11.6. The Morgan fingerprint density at radius 1 is 0.957 bits per heavy atom. The Bertz CT molecular complexity index is 1630. The fraction of sp³-hybridized carbons (Fsp3) is 0.455. The number of nitrogens with zero attached hydrogens (tertiary/aromatic N) is 4. The number of Topliss-reactive ketones (excluding diaryl/α,β-unsaturated/α-hetero) is 1. The van der Waals surface area contributed by atoms with Crippen LogP contribution in [0.1, 0.15) is 66.9 Å². The highest BCUT2D eigenvalue weighted by atomic mass is 32.2. The molecule has 1 aliphatic heterocycles. The van der Waals surface area contributed by atoms with Crippen molar-refractivity contribution in [1.82, 2.24) is 19.8 Å². The van der Waals surface area contributed by atoms with Crippen molar-refractivity contribution in [2.45, 2.75) is 63.1 Å². The molecule has 47 heavy (non-hydrogen) atoms. The predicted octanol–water partition coefficient (Wildman–Crippen LogP) is 5.94. The van der Waals surface area contributed by atoms with E-state index in [-0.39, 0.29) is 23.3 Å². The molecule has 0 atom stereocenters. The molecule has 1 aromatic heterocycles. The lowest BCUT2D eigenvalue weighted by molar-refractivity contribution is -0.137. The van der Waals surface area contributed by atoms with Crippen LogP contribution in [0.3, 0.4) is 0 Å². The molecule has 0 radical (unpaired) electrons. The molecular formula is C33H41F3N6O4S. The largest absolute Gasteiger partial charge is 0.421 e. The zero-order chi connectivity index (χ0) is 34.0. The van der Waals surface area contributed by atoms with Gasteiger partial charge in [0.15, 0.2) is 9.84 Å². The average Bonchev–Trinajstić information content (AvgIpc) is 3.05. The van der Waals surface area contributed by atoms with Gasteiger partial charge in [0.1, 0.15) is 17.2 Å². The predicted molar refractivity (Wildman–Crippen MR) is 174 cm³/mol. The number of unbranched alkanes of at least 4 members (excludes halogenated alkanes) is 3. The minimum atomic E-state index is -4.72. The molecule has 2 N–H and O–H groups in total. The van der Waals surface area contributed by atoms with Gasteiger partial charge in [-0.15, -0.1) is 0 Å². The van der Waals surface area contributed by atoms with E-state index in [9.17, 15) is 31.2 Å². The van der Waals surface area contributed by atoms with Crippen LogP contribution in [0, 0.1) is 0 Å². The third kappa shape index (κ3) is 10.7. The number of piperazine rings is 1. The molecule has 0 saturated carbocycles. The van der Waals surface area contributed by atoms with E-state index in [4.69, 9.17) is 0 Å². The Morgan fingerprint density at radius 3 is 2.32 bits per heavy atom. The van der Waals surface area contributed by atoms with Gasteiger partial charge in [-0.25, -0.2) is 13.4 Å². The van der Waals surface area contributed by atoms with E-state index in [1.807, 2.05) is 11.8 Å². The molecule has 3 aromatic rings. The summed E-state index contributed by atoms with van der Waals surface area (Å²) in [6.45, 7) is 5.61. The lowest BCUT2D eigenvalue weighted by Gasteiger charge is -2.34. The summed E-state index contributed by atoms with van der Waals surface area (Å²) in [4.78, 5) is 36.6. The van der Waals surface area contributed by atoms with Crippen LogP contribution < -0.4 is 10.6 Å². The van der Waals surface area contributed by atoms with Crippen LogP contribution >= 0.6 is 0 Å². The molecule has 10 nitrogen and oxygen atoms in total. The van der Waals surface area contributed by atoms with Crippen LogP contribution in [-0.2, 0) is 27.4 Å². The van der Waals surface area contributed by atoms with Gasteiger partial charge in [-0.05, 0) is 61.3 Å². The average molecular weight is 675 g/mol. The number of rotatable bonds is 15. The Labute approximate surface area is 273 Å². The maximum atomic E-state index is 13.7. The molecule has 14 heteroatoms. The van der Waals surface area contributed by atoms with E-state index >= 15 is 0 Å². The van der Waals surface area contributed by atoms with E-state index in [0.717, 1.165) is 51.6 Å². The second kappa shape index (κ2) is 16.2. The first-order valence-electron chi connectivity index (χ1n) is 15.7. The third-order valence-corrected chi connectivity index (χ3v) is 9.11. The number of hydrogen-bond donors (Lipinski definition) is 2. The quantitative estimate of drug-likeness (QED) is 0.189. The molecule has 0 unspecified atom stereocenters. The lowest BCUT2D eigenvalue weighted by Crippen LogP contribution is -2.48. The van der Waals surface area contributed by atoms with Gasteiger partial charge in [-0.3, -0.25) is 14.5 Å². The van der Waals surface area contributed by atoms with Crippen molar-refractivity contribution in [3.63, 3.8) is 0 Å². The first-order valence-corrected chi connectivity index (χ1v) is 17.6. The van der Waals surface area contributed by atoms with Crippen molar-refractivity contribution in [1.29, 1.82) is 0 Å². The number of sulfone groups is 1. The van der Waals surface area contributed by atoms with Crippen molar-refractivity contribution in [2.75, 3.05) is 49.6 Å². The van der Waals surface area contributed by atoms with Crippen molar-refractivity contribution in [3.8, 4) is 0 Å². The summed E-state index contributed by atoms with van der Waals surface area (Å²) in [7, 11) is -3.48. The molecule has 0 bridgehead atoms. The third-order valence-electron chi connectivity index (χ3n) is 8.00. The highest BCUT2D eigenvalue weighted by Gasteiger charge is 2.35. The number of nitrogens with one attached hydrogen (secondary N) is 2. The molecule has 2 aromatic carbocycles. The molecule has 4 rings (SSSR count). The van der Waals surface area contributed by atoms with Crippen LogP contribution in [0.25, 0.3) is 0 Å². The number of anilines is 3. The topological polar surface area (TPSA) is 125 Å². The molecule has 0 aliphatic carbocycles. The van der Waals surface area contributed by atoms with E-state index in [2.05, 4.69) is 25.5 Å². The van der Waals surface area contributed by atoms with Gasteiger partial charge in [0.2, 0.25) is 5.95 Å². The second-order valence-corrected chi connectivity index (χ2v) is 13.6. The van der Waals surface area contributed by atoms with Gasteiger partial charge < -0.3 is 15.5 Å². The molecule has 1 aliphatic rings. The zero-order valence-electron chi connectivity index (χ0n) is 26.6. The molecule has 1 saturated heterocycles. The van der Waals surface area contributed by atoms with Crippen LogP contribution in [0.15, 0.2) is 59.6 Å². The van der Waals surface area contributed by atoms with Gasteiger partial charge in [0.05, 0.1) is 4.90 Å². The van der Waals surface area contributed by atoms with Crippen LogP contribution in [-0.4, -0.2) is 78.9 Å². The Balaban J connectivity index is 1.30. The highest BCUT2D eigenvalue weighted by molar-refractivity contribution is 7.90. The summed E-state index contributed by atoms with van der Waals surface area (Å²) in [5, 5.41) is 5.54. The fourth-order valence-electron chi connectivity index (χ4n) is 5.23. The maximum absolute atomic E-state index is 13.7. The molecule has 2 heterocycles. The number of carbonyl (C=O) groups excluding carboxylic acids is 2. The number of hydrogen-bond acceptors (Lipinski definition) is 9. The zero-order valence-corrected chi connectivity index (χ0v) is 27.5. The molecule has 254 valence electrons. The molecule has 1 fully saturated rings. The van der Waals surface area contributed by atoms with Crippen molar-refractivity contribution in [2.24, 2.45) is 0 Å². The van der Waals surface area contributed by atoms with Crippen molar-refractivity contribution < 1.29 is 31.2 Å². The van der Waals surface area contributed by atoms with E-state index in [0.29, 0.717) is 54.7 Å². The van der Waals surface area contributed by atoms with Gasteiger partial charge in [0.25, 0.3) is 5.91 Å². The monoisotopic (exact) mass is 674 g/mol. The number of benzene rings is 2. The highest BCUT2D eigenvalue weighted by Crippen LogP contribution is 2.34. The number of alkyl halides is 3. The minimum absolute atomic E-state index is 0.0575. The maximum Gasteiger partial charge on any atom is 0.421 e. The fourth-order valence-corrected chi connectivity index (χ4v) is 5.92. The summed E-state index contributed by atoms with van der Waals surface area (Å²) >= 11 is 0. The first kappa shape index (κ1) is 35.8. The first-order chi connectivity index (χ1) is 22.3.